The Morgan fingerprint density at radius 1 is 1.38 bits per heavy atom. The normalized spacial score (nSPS) is 17.8. The van der Waals surface area contributed by atoms with Crippen molar-refractivity contribution in [1.29, 1.82) is 0 Å². The van der Waals surface area contributed by atoms with Crippen molar-refractivity contribution in [3.8, 4) is 0 Å². The number of hydrogen-bond acceptors (Lipinski definition) is 5. The Morgan fingerprint density at radius 2 is 2.17 bits per heavy atom. The lowest BCUT2D eigenvalue weighted by Crippen LogP contribution is -2.48. The third kappa shape index (κ3) is 7.10. The van der Waals surface area contributed by atoms with Crippen molar-refractivity contribution >= 4 is 17.7 Å². The standard InChI is InChI=1S/C19H28F3N5O2/c1-3-29-17(28)14-6-4-11-27(13-14)18(23-2)25-10-5-9-24-16-8-7-15(12-26-16)19(20,21)22/h7-8,12,14H,3-6,9-11,13H2,1-2H3,(H,23,25)(H,24,26)/t14-/m1/s1. The quantitative estimate of drug-likeness (QED) is 0.309. The lowest BCUT2D eigenvalue weighted by molar-refractivity contribution is -0.149. The molecule has 0 bridgehead atoms. The van der Waals surface area contributed by atoms with Gasteiger partial charge in [-0.3, -0.25) is 9.79 Å². The number of halogens is 3. The molecule has 1 aliphatic heterocycles. The van der Waals surface area contributed by atoms with Crippen LogP contribution in [0.4, 0.5) is 19.0 Å². The Hall–Kier alpha value is -2.52. The largest absolute Gasteiger partial charge is 0.466 e. The van der Waals surface area contributed by atoms with Gasteiger partial charge in [0, 0.05) is 39.4 Å². The maximum atomic E-state index is 12.5. The number of guanidine groups is 1. The summed E-state index contributed by atoms with van der Waals surface area (Å²) < 4.78 is 42.7. The number of rotatable bonds is 7. The number of carbonyl (C=O) groups excluding carboxylic acids is 1. The predicted molar refractivity (Wildman–Crippen MR) is 105 cm³/mol. The summed E-state index contributed by atoms with van der Waals surface area (Å²) in [7, 11) is 1.70. The second kappa shape index (κ2) is 10.9. The molecule has 2 rings (SSSR count). The summed E-state index contributed by atoms with van der Waals surface area (Å²) in [6.07, 6.45) is -1.14. The van der Waals surface area contributed by atoms with Gasteiger partial charge in [0.15, 0.2) is 5.96 Å². The number of carbonyl (C=O) groups is 1. The molecule has 1 aliphatic rings. The first kappa shape index (κ1) is 22.8. The van der Waals surface area contributed by atoms with E-state index in [9.17, 15) is 18.0 Å². The minimum absolute atomic E-state index is 0.144. The van der Waals surface area contributed by atoms with Crippen molar-refractivity contribution in [3.05, 3.63) is 23.9 Å². The average Bonchev–Trinajstić information content (AvgIpc) is 2.70. The molecule has 7 nitrogen and oxygen atoms in total. The molecule has 1 aromatic heterocycles. The molecular formula is C19H28F3N5O2. The summed E-state index contributed by atoms with van der Waals surface area (Å²) in [6.45, 7) is 4.75. The van der Waals surface area contributed by atoms with Crippen LogP contribution in [0.5, 0.6) is 0 Å². The molecule has 10 heteroatoms. The number of anilines is 1. The number of pyridine rings is 1. The molecule has 0 saturated carbocycles. The number of esters is 1. The van der Waals surface area contributed by atoms with E-state index in [-0.39, 0.29) is 11.9 Å². The van der Waals surface area contributed by atoms with Crippen molar-refractivity contribution < 1.29 is 22.7 Å². The number of ether oxygens (including phenoxy) is 1. The molecule has 29 heavy (non-hydrogen) atoms. The molecule has 1 fully saturated rings. The summed E-state index contributed by atoms with van der Waals surface area (Å²) in [4.78, 5) is 22.1. The van der Waals surface area contributed by atoms with Crippen molar-refractivity contribution in [2.45, 2.75) is 32.4 Å². The van der Waals surface area contributed by atoms with Gasteiger partial charge in [-0.2, -0.15) is 13.2 Å². The fourth-order valence-corrected chi connectivity index (χ4v) is 3.13. The maximum Gasteiger partial charge on any atom is 0.417 e. The minimum Gasteiger partial charge on any atom is -0.466 e. The highest BCUT2D eigenvalue weighted by atomic mass is 19.4. The Labute approximate surface area is 168 Å². The van der Waals surface area contributed by atoms with Crippen LogP contribution in [-0.4, -0.2) is 61.6 Å². The van der Waals surface area contributed by atoms with Crippen molar-refractivity contribution in [2.75, 3.05) is 45.2 Å². The van der Waals surface area contributed by atoms with Crippen molar-refractivity contribution in [2.24, 2.45) is 10.9 Å². The molecule has 0 aliphatic carbocycles. The Morgan fingerprint density at radius 3 is 2.79 bits per heavy atom. The number of aliphatic imine (C=N–C) groups is 1. The summed E-state index contributed by atoms with van der Waals surface area (Å²) in [5, 5.41) is 6.26. The van der Waals surface area contributed by atoms with Gasteiger partial charge in [-0.25, -0.2) is 4.98 Å². The lowest BCUT2D eigenvalue weighted by Gasteiger charge is -2.34. The second-order valence-electron chi connectivity index (χ2n) is 6.72. The van der Waals surface area contributed by atoms with E-state index in [4.69, 9.17) is 4.74 Å². The average molecular weight is 415 g/mol. The van der Waals surface area contributed by atoms with Crippen LogP contribution < -0.4 is 10.6 Å². The number of nitrogens with zero attached hydrogens (tertiary/aromatic N) is 3. The first-order valence-electron chi connectivity index (χ1n) is 9.74. The smallest absolute Gasteiger partial charge is 0.417 e. The van der Waals surface area contributed by atoms with Crippen LogP contribution in [0.25, 0.3) is 0 Å². The highest BCUT2D eigenvalue weighted by Crippen LogP contribution is 2.28. The summed E-state index contributed by atoms with van der Waals surface area (Å²) in [5.41, 5.74) is -0.767. The fraction of sp³-hybridized carbons (Fsp3) is 0.632. The Bertz CT molecular complexity index is 679. The third-order valence-electron chi connectivity index (χ3n) is 4.59. The molecule has 1 aromatic rings. The van der Waals surface area contributed by atoms with Gasteiger partial charge in [0.05, 0.1) is 18.1 Å². The summed E-state index contributed by atoms with van der Waals surface area (Å²) >= 11 is 0. The monoisotopic (exact) mass is 415 g/mol. The molecule has 1 atom stereocenters. The summed E-state index contributed by atoms with van der Waals surface area (Å²) in [6, 6.07) is 2.32. The minimum atomic E-state index is -4.38. The number of hydrogen-bond donors (Lipinski definition) is 2. The number of nitrogens with one attached hydrogen (secondary N) is 2. The molecule has 2 heterocycles. The van der Waals surface area contributed by atoms with E-state index in [1.807, 2.05) is 0 Å². The molecule has 0 unspecified atom stereocenters. The third-order valence-corrected chi connectivity index (χ3v) is 4.59. The molecule has 162 valence electrons. The SMILES string of the molecule is CCOC(=O)[C@@H]1CCCN(C(=NC)NCCCNc2ccc(C(F)(F)F)cn2)C1. The number of alkyl halides is 3. The molecule has 0 radical (unpaired) electrons. The lowest BCUT2D eigenvalue weighted by atomic mass is 9.98. The maximum absolute atomic E-state index is 12.5. The van der Waals surface area contributed by atoms with Gasteiger partial charge in [-0.1, -0.05) is 0 Å². The topological polar surface area (TPSA) is 78.8 Å². The van der Waals surface area contributed by atoms with Gasteiger partial charge in [0.2, 0.25) is 0 Å². The van der Waals surface area contributed by atoms with Crippen LogP contribution in [-0.2, 0) is 15.7 Å². The molecule has 0 spiro atoms. The Balaban J connectivity index is 1.72. The highest BCUT2D eigenvalue weighted by molar-refractivity contribution is 5.81. The van der Waals surface area contributed by atoms with Gasteiger partial charge < -0.3 is 20.3 Å². The first-order chi connectivity index (χ1) is 13.8. The van der Waals surface area contributed by atoms with E-state index >= 15 is 0 Å². The van der Waals surface area contributed by atoms with Crippen LogP contribution in [0.15, 0.2) is 23.3 Å². The van der Waals surface area contributed by atoms with E-state index in [2.05, 4.69) is 25.5 Å². The van der Waals surface area contributed by atoms with Crippen LogP contribution in [0.2, 0.25) is 0 Å². The predicted octanol–water partition coefficient (Wildman–Crippen LogP) is 2.75. The van der Waals surface area contributed by atoms with Gasteiger partial charge >= 0.3 is 12.1 Å². The van der Waals surface area contributed by atoms with Crippen LogP contribution in [0.3, 0.4) is 0 Å². The first-order valence-corrected chi connectivity index (χ1v) is 9.74. The molecular weight excluding hydrogens is 387 g/mol. The number of aromatic nitrogens is 1. The zero-order chi connectivity index (χ0) is 21.3. The van der Waals surface area contributed by atoms with Gasteiger partial charge in [0.25, 0.3) is 0 Å². The van der Waals surface area contributed by atoms with Gasteiger partial charge in [-0.05, 0) is 38.3 Å². The van der Waals surface area contributed by atoms with E-state index < -0.39 is 11.7 Å². The van der Waals surface area contributed by atoms with Gasteiger partial charge in [-0.15, -0.1) is 0 Å². The van der Waals surface area contributed by atoms with Crippen molar-refractivity contribution in [3.63, 3.8) is 0 Å². The molecule has 1 saturated heterocycles. The van der Waals surface area contributed by atoms with E-state index in [0.717, 1.165) is 44.0 Å². The van der Waals surface area contributed by atoms with Crippen LogP contribution >= 0.6 is 0 Å². The highest BCUT2D eigenvalue weighted by Gasteiger charge is 2.30. The number of likely N-dealkylation sites (tertiary alicyclic amines) is 1. The zero-order valence-electron chi connectivity index (χ0n) is 16.8. The number of piperidine rings is 1. The molecule has 2 N–H and O–H groups in total. The molecule has 0 aromatic carbocycles. The van der Waals surface area contributed by atoms with Crippen LogP contribution in [0, 0.1) is 5.92 Å². The van der Waals surface area contributed by atoms with E-state index in [1.54, 1.807) is 14.0 Å². The van der Waals surface area contributed by atoms with E-state index in [0.29, 0.717) is 32.1 Å². The van der Waals surface area contributed by atoms with Crippen molar-refractivity contribution in [1.82, 2.24) is 15.2 Å². The van der Waals surface area contributed by atoms with Gasteiger partial charge in [0.1, 0.15) is 5.82 Å². The van der Waals surface area contributed by atoms with Crippen LogP contribution in [0.1, 0.15) is 31.7 Å². The molecule has 0 amide bonds. The fourth-order valence-electron chi connectivity index (χ4n) is 3.13. The summed E-state index contributed by atoms with van der Waals surface area (Å²) in [5.74, 6) is 0.818. The zero-order valence-corrected chi connectivity index (χ0v) is 16.8. The second-order valence-corrected chi connectivity index (χ2v) is 6.72. The van der Waals surface area contributed by atoms with E-state index in [1.165, 1.54) is 6.07 Å². The Kier molecular flexibility index (Phi) is 8.53.